The molecule has 2 aliphatic rings. The Balaban J connectivity index is 1.75. The number of imide groups is 1. The molecule has 3 rings (SSSR count). The number of hydrazine groups is 1. The molecule has 1 aromatic heterocycles. The van der Waals surface area contributed by atoms with Crippen molar-refractivity contribution in [1.82, 2.24) is 15.8 Å². The number of fused-ring (bicyclic) bond motifs is 1. The molecule has 1 aromatic rings. The van der Waals surface area contributed by atoms with Gasteiger partial charge in [-0.3, -0.25) is 15.0 Å². The van der Waals surface area contributed by atoms with Crippen molar-refractivity contribution < 1.29 is 14.4 Å². The molecule has 2 heterocycles. The summed E-state index contributed by atoms with van der Waals surface area (Å²) in [5.41, 5.74) is 2.75. The second-order valence-electron chi connectivity index (χ2n) is 6.67. The fraction of sp³-hybridized carbons (Fsp3) is 0.588. The van der Waals surface area contributed by atoms with Gasteiger partial charge in [0.25, 0.3) is 11.8 Å². The van der Waals surface area contributed by atoms with Gasteiger partial charge in [0.2, 0.25) is 0 Å². The van der Waals surface area contributed by atoms with Crippen LogP contribution < -0.4 is 10.7 Å². The van der Waals surface area contributed by atoms with E-state index in [2.05, 4.69) is 10.7 Å². The van der Waals surface area contributed by atoms with Crippen LogP contribution in [-0.2, 0) is 17.6 Å². The molecule has 1 aliphatic carbocycles. The Labute approximate surface area is 145 Å². The first-order valence-electron chi connectivity index (χ1n) is 8.54. The third kappa shape index (κ3) is 3.05. The van der Waals surface area contributed by atoms with E-state index in [1.165, 1.54) is 34.6 Å². The standard InChI is InChI=1S/C17H23N3O3S/c1-3-17(2)15(22)20(16(23)18-17)19-14(21)13-10-11-8-6-4-5-7-9-12(11)24-13/h10H,3-9H2,1-2H3,(H,18,23)(H,19,21)/t17-/m1/s1. The molecule has 0 spiro atoms. The maximum absolute atomic E-state index is 12.5. The molecule has 1 fully saturated rings. The van der Waals surface area contributed by atoms with E-state index in [1.807, 2.05) is 13.0 Å². The summed E-state index contributed by atoms with van der Waals surface area (Å²) in [6.45, 7) is 3.49. The zero-order chi connectivity index (χ0) is 17.3. The Kier molecular flexibility index (Phi) is 4.62. The number of carbonyl (C=O) groups is 3. The maximum Gasteiger partial charge on any atom is 0.344 e. The molecule has 4 amide bonds. The molecule has 24 heavy (non-hydrogen) atoms. The van der Waals surface area contributed by atoms with Crippen molar-refractivity contribution in [2.75, 3.05) is 0 Å². The monoisotopic (exact) mass is 349 g/mol. The molecule has 6 nitrogen and oxygen atoms in total. The van der Waals surface area contributed by atoms with E-state index < -0.39 is 23.4 Å². The van der Waals surface area contributed by atoms with Gasteiger partial charge in [-0.1, -0.05) is 19.8 Å². The summed E-state index contributed by atoms with van der Waals surface area (Å²) in [6.07, 6.45) is 7.23. The van der Waals surface area contributed by atoms with Crippen molar-refractivity contribution >= 4 is 29.2 Å². The predicted molar refractivity (Wildman–Crippen MR) is 91.7 cm³/mol. The molecule has 1 saturated heterocycles. The van der Waals surface area contributed by atoms with Gasteiger partial charge in [0, 0.05) is 4.88 Å². The van der Waals surface area contributed by atoms with Gasteiger partial charge >= 0.3 is 6.03 Å². The number of hydrogen-bond donors (Lipinski definition) is 2. The second-order valence-corrected chi connectivity index (χ2v) is 7.81. The molecule has 7 heteroatoms. The Hall–Kier alpha value is -1.89. The number of nitrogens with zero attached hydrogens (tertiary/aromatic N) is 1. The van der Waals surface area contributed by atoms with E-state index in [9.17, 15) is 14.4 Å². The molecule has 0 aromatic carbocycles. The van der Waals surface area contributed by atoms with Crippen LogP contribution in [-0.4, -0.2) is 28.4 Å². The van der Waals surface area contributed by atoms with Crippen molar-refractivity contribution in [3.05, 3.63) is 21.4 Å². The lowest BCUT2D eigenvalue weighted by atomic mass is 10.00. The van der Waals surface area contributed by atoms with Crippen molar-refractivity contribution in [2.24, 2.45) is 0 Å². The van der Waals surface area contributed by atoms with E-state index in [0.29, 0.717) is 11.3 Å². The Morgan fingerprint density at radius 3 is 2.67 bits per heavy atom. The van der Waals surface area contributed by atoms with Crippen molar-refractivity contribution in [3.8, 4) is 0 Å². The number of rotatable bonds is 3. The zero-order valence-corrected chi connectivity index (χ0v) is 14.9. The summed E-state index contributed by atoms with van der Waals surface area (Å²) in [5.74, 6) is -0.811. The highest BCUT2D eigenvalue weighted by Gasteiger charge is 2.47. The summed E-state index contributed by atoms with van der Waals surface area (Å²) in [5, 5.41) is 3.44. The number of aryl methyl sites for hydroxylation is 2. The first-order valence-corrected chi connectivity index (χ1v) is 9.35. The van der Waals surface area contributed by atoms with Gasteiger partial charge < -0.3 is 5.32 Å². The van der Waals surface area contributed by atoms with Gasteiger partial charge in [-0.2, -0.15) is 5.01 Å². The molecule has 0 bridgehead atoms. The van der Waals surface area contributed by atoms with Crippen molar-refractivity contribution in [1.29, 1.82) is 0 Å². The molecular weight excluding hydrogens is 326 g/mol. The second kappa shape index (κ2) is 6.55. The summed E-state index contributed by atoms with van der Waals surface area (Å²) in [6, 6.07) is 1.34. The van der Waals surface area contributed by atoms with Crippen LogP contribution in [0.15, 0.2) is 6.07 Å². The SMILES string of the molecule is CC[C@@]1(C)NC(=O)N(NC(=O)c2cc3c(s2)CCCCCC3)C1=O. The summed E-state index contributed by atoms with van der Waals surface area (Å²) in [7, 11) is 0. The summed E-state index contributed by atoms with van der Waals surface area (Å²) >= 11 is 1.48. The van der Waals surface area contributed by atoms with E-state index in [-0.39, 0.29) is 0 Å². The largest absolute Gasteiger partial charge is 0.344 e. The van der Waals surface area contributed by atoms with E-state index in [4.69, 9.17) is 0 Å². The fourth-order valence-electron chi connectivity index (χ4n) is 3.14. The minimum Gasteiger partial charge on any atom is -0.322 e. The Morgan fingerprint density at radius 1 is 1.29 bits per heavy atom. The summed E-state index contributed by atoms with van der Waals surface area (Å²) in [4.78, 5) is 38.7. The van der Waals surface area contributed by atoms with Crippen LogP contribution in [0.2, 0.25) is 0 Å². The normalized spacial score (nSPS) is 24.2. The average Bonchev–Trinajstić information content (AvgIpc) is 3.02. The minimum atomic E-state index is -0.950. The van der Waals surface area contributed by atoms with Crippen LogP contribution in [0.25, 0.3) is 0 Å². The van der Waals surface area contributed by atoms with E-state index >= 15 is 0 Å². The molecule has 0 unspecified atom stereocenters. The lowest BCUT2D eigenvalue weighted by Crippen LogP contribution is -2.48. The topological polar surface area (TPSA) is 78.5 Å². The highest BCUT2D eigenvalue weighted by Crippen LogP contribution is 2.29. The van der Waals surface area contributed by atoms with Gasteiger partial charge in [0.05, 0.1) is 4.88 Å². The third-order valence-corrected chi connectivity index (χ3v) is 6.14. The maximum atomic E-state index is 12.5. The predicted octanol–water partition coefficient (Wildman–Crippen LogP) is 2.77. The Morgan fingerprint density at radius 2 is 2.00 bits per heavy atom. The molecule has 130 valence electrons. The molecule has 0 radical (unpaired) electrons. The average molecular weight is 349 g/mol. The lowest BCUT2D eigenvalue weighted by molar-refractivity contribution is -0.132. The fourth-order valence-corrected chi connectivity index (χ4v) is 4.28. The number of nitrogens with one attached hydrogen (secondary N) is 2. The van der Waals surface area contributed by atoms with Crippen molar-refractivity contribution in [2.45, 2.75) is 64.3 Å². The Bertz CT molecular complexity index is 659. The third-order valence-electron chi connectivity index (χ3n) is 4.90. The number of amides is 4. The highest BCUT2D eigenvalue weighted by molar-refractivity contribution is 7.14. The summed E-state index contributed by atoms with van der Waals surface area (Å²) < 4.78 is 0. The van der Waals surface area contributed by atoms with Crippen LogP contribution in [0, 0.1) is 0 Å². The van der Waals surface area contributed by atoms with Crippen molar-refractivity contribution in [3.63, 3.8) is 0 Å². The molecule has 1 atom stereocenters. The van der Waals surface area contributed by atoms with Crippen LogP contribution in [0.1, 0.15) is 66.1 Å². The van der Waals surface area contributed by atoms with Crippen LogP contribution in [0.3, 0.4) is 0 Å². The van der Waals surface area contributed by atoms with Gasteiger partial charge in [0.1, 0.15) is 5.54 Å². The quantitative estimate of drug-likeness (QED) is 0.824. The van der Waals surface area contributed by atoms with Crippen LogP contribution in [0.5, 0.6) is 0 Å². The van der Waals surface area contributed by atoms with Gasteiger partial charge in [-0.15, -0.1) is 11.3 Å². The number of carbonyl (C=O) groups excluding carboxylic acids is 3. The minimum absolute atomic E-state index is 0.393. The lowest BCUT2D eigenvalue weighted by Gasteiger charge is -2.19. The molecule has 0 saturated carbocycles. The molecular formula is C17H23N3O3S. The number of thiophene rings is 1. The smallest absolute Gasteiger partial charge is 0.322 e. The molecule has 1 aliphatic heterocycles. The van der Waals surface area contributed by atoms with Gasteiger partial charge in [0.15, 0.2) is 0 Å². The first kappa shape index (κ1) is 17.0. The molecule has 2 N–H and O–H groups in total. The highest BCUT2D eigenvalue weighted by atomic mass is 32.1. The zero-order valence-electron chi connectivity index (χ0n) is 14.1. The number of hydrogen-bond acceptors (Lipinski definition) is 4. The van der Waals surface area contributed by atoms with Gasteiger partial charge in [-0.25, -0.2) is 4.79 Å². The van der Waals surface area contributed by atoms with Crippen LogP contribution >= 0.6 is 11.3 Å². The van der Waals surface area contributed by atoms with Gasteiger partial charge in [-0.05, 0) is 50.7 Å². The first-order chi connectivity index (χ1) is 11.4. The van der Waals surface area contributed by atoms with E-state index in [1.54, 1.807) is 6.92 Å². The van der Waals surface area contributed by atoms with E-state index in [0.717, 1.165) is 30.7 Å². The van der Waals surface area contributed by atoms with Crippen LogP contribution in [0.4, 0.5) is 4.79 Å². The number of urea groups is 1.